The zero-order valence-corrected chi connectivity index (χ0v) is 7.52. The van der Waals surface area contributed by atoms with Crippen LogP contribution in [0, 0.1) is 0 Å². The van der Waals surface area contributed by atoms with Crippen molar-refractivity contribution in [3.05, 3.63) is 16.1 Å². The van der Waals surface area contributed by atoms with Crippen LogP contribution in [0.3, 0.4) is 0 Å². The van der Waals surface area contributed by atoms with E-state index in [0.29, 0.717) is 11.4 Å². The Balaban J connectivity index is 2.58. The molecule has 0 atom stereocenters. The molecule has 0 aromatic carbocycles. The van der Waals surface area contributed by atoms with Crippen LogP contribution in [-0.4, -0.2) is 22.6 Å². The van der Waals surface area contributed by atoms with Crippen molar-refractivity contribution in [3.8, 4) is 0 Å². The van der Waals surface area contributed by atoms with E-state index < -0.39 is 5.97 Å². The van der Waals surface area contributed by atoms with E-state index in [1.807, 2.05) is 6.92 Å². The number of nitrogens with zero attached hydrogens (tertiary/aromatic N) is 1. The molecule has 2 N–H and O–H groups in total. The SMILES string of the molecule is CCNCc1ncc(C(=O)O)s1. The summed E-state index contributed by atoms with van der Waals surface area (Å²) >= 11 is 1.21. The Bertz CT molecular complexity index is 272. The summed E-state index contributed by atoms with van der Waals surface area (Å²) < 4.78 is 0. The van der Waals surface area contributed by atoms with Gasteiger partial charge in [-0.3, -0.25) is 0 Å². The molecule has 1 rings (SSSR count). The summed E-state index contributed by atoms with van der Waals surface area (Å²) in [4.78, 5) is 14.7. The average Bonchev–Trinajstić information content (AvgIpc) is 2.48. The fraction of sp³-hybridized carbons (Fsp3) is 0.429. The minimum absolute atomic E-state index is 0.294. The molecule has 0 unspecified atom stereocenters. The zero-order valence-electron chi connectivity index (χ0n) is 6.70. The number of hydrogen-bond donors (Lipinski definition) is 2. The Morgan fingerprint density at radius 1 is 1.83 bits per heavy atom. The van der Waals surface area contributed by atoms with Crippen LogP contribution in [0.1, 0.15) is 21.6 Å². The molecule has 0 amide bonds. The van der Waals surface area contributed by atoms with E-state index in [4.69, 9.17) is 5.11 Å². The van der Waals surface area contributed by atoms with E-state index in [1.165, 1.54) is 17.5 Å². The Morgan fingerprint density at radius 3 is 3.08 bits per heavy atom. The van der Waals surface area contributed by atoms with E-state index in [0.717, 1.165) is 11.6 Å². The van der Waals surface area contributed by atoms with Crippen molar-refractivity contribution in [1.82, 2.24) is 10.3 Å². The fourth-order valence-corrected chi connectivity index (χ4v) is 1.45. The number of carbonyl (C=O) groups is 1. The van der Waals surface area contributed by atoms with Crippen molar-refractivity contribution in [2.45, 2.75) is 13.5 Å². The molecule has 0 radical (unpaired) electrons. The number of hydrogen-bond acceptors (Lipinski definition) is 4. The van der Waals surface area contributed by atoms with Crippen molar-refractivity contribution in [1.29, 1.82) is 0 Å². The number of nitrogens with one attached hydrogen (secondary N) is 1. The van der Waals surface area contributed by atoms with E-state index in [2.05, 4.69) is 10.3 Å². The van der Waals surface area contributed by atoms with Gasteiger partial charge in [0.2, 0.25) is 0 Å². The van der Waals surface area contributed by atoms with Crippen LogP contribution in [0.25, 0.3) is 0 Å². The molecule has 1 aromatic rings. The molecule has 12 heavy (non-hydrogen) atoms. The Kier molecular flexibility index (Phi) is 3.19. The van der Waals surface area contributed by atoms with E-state index in [1.54, 1.807) is 0 Å². The second-order valence-electron chi connectivity index (χ2n) is 2.20. The fourth-order valence-electron chi connectivity index (χ4n) is 0.723. The summed E-state index contributed by atoms with van der Waals surface area (Å²) in [5, 5.41) is 12.5. The van der Waals surface area contributed by atoms with E-state index >= 15 is 0 Å². The van der Waals surface area contributed by atoms with Crippen LogP contribution in [0.2, 0.25) is 0 Å². The maximum Gasteiger partial charge on any atom is 0.347 e. The third-order valence-electron chi connectivity index (χ3n) is 1.29. The first-order chi connectivity index (χ1) is 5.74. The molecule has 1 aromatic heterocycles. The molecule has 0 bridgehead atoms. The highest BCUT2D eigenvalue weighted by Crippen LogP contribution is 2.11. The maximum absolute atomic E-state index is 10.4. The number of rotatable bonds is 4. The van der Waals surface area contributed by atoms with Gasteiger partial charge in [0.05, 0.1) is 6.20 Å². The lowest BCUT2D eigenvalue weighted by atomic mass is 10.6. The normalized spacial score (nSPS) is 10.1. The van der Waals surface area contributed by atoms with Gasteiger partial charge in [0.15, 0.2) is 0 Å². The van der Waals surface area contributed by atoms with Crippen molar-refractivity contribution >= 4 is 17.3 Å². The summed E-state index contributed by atoms with van der Waals surface area (Å²) in [6.45, 7) is 3.50. The number of thiazole rings is 1. The average molecular weight is 186 g/mol. The lowest BCUT2D eigenvalue weighted by Gasteiger charge is -1.93. The van der Waals surface area contributed by atoms with Gasteiger partial charge in [-0.15, -0.1) is 11.3 Å². The van der Waals surface area contributed by atoms with E-state index in [9.17, 15) is 4.79 Å². The van der Waals surface area contributed by atoms with Crippen molar-refractivity contribution in [3.63, 3.8) is 0 Å². The topological polar surface area (TPSA) is 62.2 Å². The van der Waals surface area contributed by atoms with Crippen molar-refractivity contribution in [2.24, 2.45) is 0 Å². The van der Waals surface area contributed by atoms with Gasteiger partial charge in [0, 0.05) is 6.54 Å². The highest BCUT2D eigenvalue weighted by atomic mass is 32.1. The number of carboxylic acid groups (broad SMARTS) is 1. The predicted octanol–water partition coefficient (Wildman–Crippen LogP) is 0.951. The largest absolute Gasteiger partial charge is 0.477 e. The Morgan fingerprint density at radius 2 is 2.58 bits per heavy atom. The maximum atomic E-state index is 10.4. The molecule has 0 aliphatic carbocycles. The molecule has 0 spiro atoms. The summed E-state index contributed by atoms with van der Waals surface area (Å²) in [7, 11) is 0. The molecule has 0 saturated carbocycles. The lowest BCUT2D eigenvalue weighted by molar-refractivity contribution is 0.0702. The van der Waals surface area contributed by atoms with Crippen LogP contribution < -0.4 is 5.32 Å². The van der Waals surface area contributed by atoms with Crippen LogP contribution in [0.5, 0.6) is 0 Å². The predicted molar refractivity (Wildman–Crippen MR) is 46.5 cm³/mol. The third-order valence-corrected chi connectivity index (χ3v) is 2.28. The first-order valence-corrected chi connectivity index (χ1v) is 4.44. The van der Waals surface area contributed by atoms with Gasteiger partial charge in [-0.2, -0.15) is 0 Å². The molecule has 5 heteroatoms. The van der Waals surface area contributed by atoms with Crippen LogP contribution >= 0.6 is 11.3 Å². The smallest absolute Gasteiger partial charge is 0.347 e. The van der Waals surface area contributed by atoms with Gasteiger partial charge in [-0.1, -0.05) is 6.92 Å². The number of carboxylic acids is 1. The highest BCUT2D eigenvalue weighted by Gasteiger charge is 2.07. The summed E-state index contributed by atoms with van der Waals surface area (Å²) in [5.74, 6) is -0.907. The first kappa shape index (κ1) is 9.15. The molecule has 0 fully saturated rings. The minimum Gasteiger partial charge on any atom is -0.477 e. The Labute approximate surface area is 74.3 Å². The standard InChI is InChI=1S/C7H10N2O2S/c1-2-8-4-6-9-3-5(12-6)7(10)11/h3,8H,2,4H2,1H3,(H,10,11). The minimum atomic E-state index is -0.907. The molecule has 0 aliphatic heterocycles. The number of aromatic nitrogens is 1. The monoisotopic (exact) mass is 186 g/mol. The van der Waals surface area contributed by atoms with Gasteiger partial charge in [-0.05, 0) is 6.54 Å². The third kappa shape index (κ3) is 2.28. The van der Waals surface area contributed by atoms with Gasteiger partial charge >= 0.3 is 5.97 Å². The van der Waals surface area contributed by atoms with Crippen LogP contribution in [0.15, 0.2) is 6.20 Å². The number of aromatic carboxylic acids is 1. The lowest BCUT2D eigenvalue weighted by Crippen LogP contribution is -2.11. The van der Waals surface area contributed by atoms with Gasteiger partial charge in [-0.25, -0.2) is 9.78 Å². The quantitative estimate of drug-likeness (QED) is 0.735. The van der Waals surface area contributed by atoms with Crippen LogP contribution in [0.4, 0.5) is 0 Å². The molecule has 66 valence electrons. The summed E-state index contributed by atoms with van der Waals surface area (Å²) in [6.07, 6.45) is 1.39. The second kappa shape index (κ2) is 4.18. The van der Waals surface area contributed by atoms with Crippen LogP contribution in [-0.2, 0) is 6.54 Å². The second-order valence-corrected chi connectivity index (χ2v) is 3.32. The Hall–Kier alpha value is -0.940. The molecular formula is C7H10N2O2S. The molecule has 1 heterocycles. The van der Waals surface area contributed by atoms with Crippen molar-refractivity contribution < 1.29 is 9.90 Å². The first-order valence-electron chi connectivity index (χ1n) is 3.62. The molecular weight excluding hydrogens is 176 g/mol. The van der Waals surface area contributed by atoms with E-state index in [-0.39, 0.29) is 0 Å². The van der Waals surface area contributed by atoms with Gasteiger partial charge < -0.3 is 10.4 Å². The zero-order chi connectivity index (χ0) is 8.97. The van der Waals surface area contributed by atoms with Gasteiger partial charge in [0.25, 0.3) is 0 Å². The summed E-state index contributed by atoms with van der Waals surface area (Å²) in [5.41, 5.74) is 0. The molecule has 0 saturated heterocycles. The van der Waals surface area contributed by atoms with Gasteiger partial charge in [0.1, 0.15) is 9.88 Å². The molecule has 4 nitrogen and oxygen atoms in total. The van der Waals surface area contributed by atoms with Crippen molar-refractivity contribution in [2.75, 3.05) is 6.54 Å². The molecule has 0 aliphatic rings. The summed E-state index contributed by atoms with van der Waals surface area (Å²) in [6, 6.07) is 0. The highest BCUT2D eigenvalue weighted by molar-refractivity contribution is 7.13.